The molecule has 1 rings (SSSR count). The first kappa shape index (κ1) is 13.5. The second-order valence-corrected chi connectivity index (χ2v) is 4.57. The standard InChI is InChI=1S/C11H12BrF3O/c1-7(2)16-6-8-3-4-9(12)5-10(8)11(13,14)15/h3-5,7H,6H2,1-2H3. The molecule has 0 amide bonds. The molecule has 90 valence electrons. The maximum atomic E-state index is 12.7. The van der Waals surface area contributed by atoms with Crippen molar-refractivity contribution in [2.45, 2.75) is 32.7 Å². The molecule has 0 aromatic heterocycles. The smallest absolute Gasteiger partial charge is 0.374 e. The number of alkyl halides is 3. The van der Waals surface area contributed by atoms with E-state index in [1.54, 1.807) is 19.9 Å². The summed E-state index contributed by atoms with van der Waals surface area (Å²) in [6.45, 7) is 3.54. The van der Waals surface area contributed by atoms with Crippen LogP contribution in [0, 0.1) is 0 Å². The first-order valence-electron chi connectivity index (χ1n) is 4.78. The van der Waals surface area contributed by atoms with Crippen LogP contribution >= 0.6 is 15.9 Å². The molecular formula is C11H12BrF3O. The van der Waals surface area contributed by atoms with E-state index in [1.807, 2.05) is 0 Å². The molecule has 0 N–H and O–H groups in total. The zero-order valence-corrected chi connectivity index (χ0v) is 10.5. The molecule has 0 heterocycles. The largest absolute Gasteiger partial charge is 0.416 e. The lowest BCUT2D eigenvalue weighted by Gasteiger charge is -2.14. The van der Waals surface area contributed by atoms with Gasteiger partial charge in [-0.1, -0.05) is 22.0 Å². The van der Waals surface area contributed by atoms with Crippen LogP contribution in [0.3, 0.4) is 0 Å². The Morgan fingerprint density at radius 2 is 1.94 bits per heavy atom. The average molecular weight is 297 g/mol. The van der Waals surface area contributed by atoms with Gasteiger partial charge in [-0.15, -0.1) is 0 Å². The number of rotatable bonds is 3. The van der Waals surface area contributed by atoms with Gasteiger partial charge >= 0.3 is 6.18 Å². The normalized spacial score (nSPS) is 12.2. The maximum Gasteiger partial charge on any atom is 0.416 e. The molecule has 0 saturated heterocycles. The SMILES string of the molecule is CC(C)OCc1ccc(Br)cc1C(F)(F)F. The quantitative estimate of drug-likeness (QED) is 0.804. The van der Waals surface area contributed by atoms with Gasteiger partial charge in [0.1, 0.15) is 0 Å². The van der Waals surface area contributed by atoms with E-state index in [0.29, 0.717) is 4.47 Å². The third-order valence-corrected chi connectivity index (χ3v) is 2.44. The number of hydrogen-bond acceptors (Lipinski definition) is 1. The molecule has 1 aromatic rings. The van der Waals surface area contributed by atoms with Gasteiger partial charge in [-0.2, -0.15) is 13.2 Å². The predicted octanol–water partition coefficient (Wildman–Crippen LogP) is 4.39. The van der Waals surface area contributed by atoms with Crippen molar-refractivity contribution in [1.29, 1.82) is 0 Å². The summed E-state index contributed by atoms with van der Waals surface area (Å²) in [6.07, 6.45) is -4.44. The van der Waals surface area contributed by atoms with E-state index in [0.717, 1.165) is 6.07 Å². The molecule has 0 spiro atoms. The van der Waals surface area contributed by atoms with Gasteiger partial charge in [0.25, 0.3) is 0 Å². The van der Waals surface area contributed by atoms with Crippen LogP contribution in [0.15, 0.2) is 22.7 Å². The molecule has 0 aliphatic heterocycles. The molecule has 1 nitrogen and oxygen atoms in total. The summed E-state index contributed by atoms with van der Waals surface area (Å²) in [4.78, 5) is 0. The van der Waals surface area contributed by atoms with Crippen LogP contribution in [0.4, 0.5) is 13.2 Å². The summed E-state index contributed by atoms with van der Waals surface area (Å²) in [5.74, 6) is 0. The van der Waals surface area contributed by atoms with E-state index < -0.39 is 11.7 Å². The highest BCUT2D eigenvalue weighted by molar-refractivity contribution is 9.10. The van der Waals surface area contributed by atoms with Crippen molar-refractivity contribution < 1.29 is 17.9 Å². The Morgan fingerprint density at radius 1 is 1.31 bits per heavy atom. The highest BCUT2D eigenvalue weighted by Gasteiger charge is 2.33. The van der Waals surface area contributed by atoms with Crippen LogP contribution in [0.1, 0.15) is 25.0 Å². The van der Waals surface area contributed by atoms with E-state index >= 15 is 0 Å². The number of halogens is 4. The zero-order chi connectivity index (χ0) is 12.3. The van der Waals surface area contributed by atoms with Gasteiger partial charge in [-0.05, 0) is 31.5 Å². The number of hydrogen-bond donors (Lipinski definition) is 0. The van der Waals surface area contributed by atoms with Crippen molar-refractivity contribution in [1.82, 2.24) is 0 Å². The summed E-state index contributed by atoms with van der Waals surface area (Å²) in [6, 6.07) is 4.07. The van der Waals surface area contributed by atoms with Crippen LogP contribution in [0.5, 0.6) is 0 Å². The van der Waals surface area contributed by atoms with Crippen LogP contribution in [0.2, 0.25) is 0 Å². The van der Waals surface area contributed by atoms with Crippen molar-refractivity contribution in [3.8, 4) is 0 Å². The Kier molecular flexibility index (Phi) is 4.38. The Balaban J connectivity index is 2.99. The molecule has 0 radical (unpaired) electrons. The van der Waals surface area contributed by atoms with Gasteiger partial charge in [0.15, 0.2) is 0 Å². The Bertz CT molecular complexity index is 361. The van der Waals surface area contributed by atoms with Gasteiger partial charge in [0.05, 0.1) is 18.3 Å². The van der Waals surface area contributed by atoms with Crippen LogP contribution in [-0.2, 0) is 17.5 Å². The van der Waals surface area contributed by atoms with Gasteiger partial charge in [0.2, 0.25) is 0 Å². The lowest BCUT2D eigenvalue weighted by molar-refractivity contribution is -0.139. The van der Waals surface area contributed by atoms with Crippen molar-refractivity contribution in [3.05, 3.63) is 33.8 Å². The van der Waals surface area contributed by atoms with E-state index in [2.05, 4.69) is 15.9 Å². The molecule has 0 saturated carbocycles. The van der Waals surface area contributed by atoms with Gasteiger partial charge in [0, 0.05) is 4.47 Å². The van der Waals surface area contributed by atoms with Crippen molar-refractivity contribution in [3.63, 3.8) is 0 Å². The third-order valence-electron chi connectivity index (χ3n) is 1.95. The molecule has 16 heavy (non-hydrogen) atoms. The first-order chi connectivity index (χ1) is 7.30. The van der Waals surface area contributed by atoms with Crippen LogP contribution in [-0.4, -0.2) is 6.10 Å². The zero-order valence-electron chi connectivity index (χ0n) is 8.94. The molecule has 0 aliphatic rings. The predicted molar refractivity (Wildman–Crippen MR) is 59.1 cm³/mol. The molecule has 0 unspecified atom stereocenters. The van der Waals surface area contributed by atoms with Gasteiger partial charge in [-0.3, -0.25) is 0 Å². The van der Waals surface area contributed by atoms with Crippen molar-refractivity contribution in [2.75, 3.05) is 0 Å². The Labute approximate surface area is 101 Å². The molecule has 5 heteroatoms. The first-order valence-corrected chi connectivity index (χ1v) is 5.57. The second kappa shape index (κ2) is 5.19. The molecule has 1 aromatic carbocycles. The van der Waals surface area contributed by atoms with E-state index in [1.165, 1.54) is 6.07 Å². The molecule has 0 bridgehead atoms. The maximum absolute atomic E-state index is 12.7. The van der Waals surface area contributed by atoms with Crippen molar-refractivity contribution >= 4 is 15.9 Å². The summed E-state index contributed by atoms with van der Waals surface area (Å²) in [7, 11) is 0. The van der Waals surface area contributed by atoms with Gasteiger partial charge < -0.3 is 4.74 Å². The summed E-state index contributed by atoms with van der Waals surface area (Å²) >= 11 is 3.03. The van der Waals surface area contributed by atoms with Crippen LogP contribution in [0.25, 0.3) is 0 Å². The summed E-state index contributed by atoms with van der Waals surface area (Å²) in [5.41, 5.74) is -0.494. The fourth-order valence-electron chi connectivity index (χ4n) is 1.19. The minimum Gasteiger partial charge on any atom is -0.374 e. The topological polar surface area (TPSA) is 9.23 Å². The Morgan fingerprint density at radius 3 is 2.44 bits per heavy atom. The fraction of sp³-hybridized carbons (Fsp3) is 0.455. The second-order valence-electron chi connectivity index (χ2n) is 3.66. The average Bonchev–Trinajstić information content (AvgIpc) is 2.14. The number of ether oxygens (including phenoxy) is 1. The highest BCUT2D eigenvalue weighted by atomic mass is 79.9. The lowest BCUT2D eigenvalue weighted by Crippen LogP contribution is -2.11. The minimum atomic E-state index is -4.35. The monoisotopic (exact) mass is 296 g/mol. The van der Waals surface area contributed by atoms with E-state index in [4.69, 9.17) is 4.74 Å². The highest BCUT2D eigenvalue weighted by Crippen LogP contribution is 2.34. The lowest BCUT2D eigenvalue weighted by atomic mass is 10.1. The molecule has 0 aliphatic carbocycles. The fourth-order valence-corrected chi connectivity index (χ4v) is 1.56. The van der Waals surface area contributed by atoms with Gasteiger partial charge in [-0.25, -0.2) is 0 Å². The minimum absolute atomic E-state index is 0.0280. The third kappa shape index (κ3) is 3.79. The molecule has 0 atom stereocenters. The van der Waals surface area contributed by atoms with E-state index in [9.17, 15) is 13.2 Å². The van der Waals surface area contributed by atoms with Crippen LogP contribution < -0.4 is 0 Å². The summed E-state index contributed by atoms with van der Waals surface area (Å²) in [5, 5.41) is 0. The van der Waals surface area contributed by atoms with Crippen molar-refractivity contribution in [2.24, 2.45) is 0 Å². The Hall–Kier alpha value is -0.550. The van der Waals surface area contributed by atoms with E-state index in [-0.39, 0.29) is 18.3 Å². The molecule has 0 fully saturated rings. The summed E-state index contributed by atoms with van der Waals surface area (Å²) < 4.78 is 43.6. The number of benzene rings is 1. The molecular weight excluding hydrogens is 285 g/mol.